The van der Waals surface area contributed by atoms with Crippen LogP contribution in [0.4, 0.5) is 0 Å². The molecule has 0 bridgehead atoms. The molecule has 2 heterocycles. The van der Waals surface area contributed by atoms with Crippen molar-refractivity contribution in [2.45, 2.75) is 31.4 Å². The highest BCUT2D eigenvalue weighted by Gasteiger charge is 2.30. The number of carbonyl (C=O) groups excluding carboxylic acids is 1. The highest BCUT2D eigenvalue weighted by Crippen LogP contribution is 2.22. The maximum Gasteiger partial charge on any atom is 0.287 e. The molecule has 1 N–H and O–H groups in total. The lowest BCUT2D eigenvalue weighted by atomic mass is 10.1. The lowest BCUT2D eigenvalue weighted by molar-refractivity contribution is 0.0917. The van der Waals surface area contributed by atoms with Crippen LogP contribution in [-0.4, -0.2) is 31.7 Å². The Morgan fingerprint density at radius 2 is 1.79 bits per heavy atom. The Morgan fingerprint density at radius 3 is 2.46 bits per heavy atom. The quantitative estimate of drug-likeness (QED) is 0.899. The smallest absolute Gasteiger partial charge is 0.287 e. The van der Waals surface area contributed by atoms with Gasteiger partial charge in [-0.15, -0.1) is 0 Å². The SMILES string of the molecule is Cc1ccc(CNC(=O)c2ccc(S(=O)(=O)N3CCCC3)o2)cc1. The predicted octanol–water partition coefficient (Wildman–Crippen LogP) is 2.30. The monoisotopic (exact) mass is 348 g/mol. The number of furan rings is 1. The molecule has 6 nitrogen and oxygen atoms in total. The number of amides is 1. The first kappa shape index (κ1) is 16.7. The molecule has 0 saturated carbocycles. The van der Waals surface area contributed by atoms with Crippen molar-refractivity contribution >= 4 is 15.9 Å². The molecule has 1 aromatic carbocycles. The van der Waals surface area contributed by atoms with Crippen molar-refractivity contribution in [1.82, 2.24) is 9.62 Å². The van der Waals surface area contributed by atoms with Gasteiger partial charge in [-0.2, -0.15) is 4.31 Å². The van der Waals surface area contributed by atoms with Crippen LogP contribution in [0.5, 0.6) is 0 Å². The number of nitrogens with zero attached hydrogens (tertiary/aromatic N) is 1. The van der Waals surface area contributed by atoms with Gasteiger partial charge in [-0.1, -0.05) is 29.8 Å². The van der Waals surface area contributed by atoms with Gasteiger partial charge >= 0.3 is 0 Å². The van der Waals surface area contributed by atoms with E-state index in [1.165, 1.54) is 16.4 Å². The normalized spacial score (nSPS) is 15.5. The van der Waals surface area contributed by atoms with Crippen molar-refractivity contribution in [3.63, 3.8) is 0 Å². The van der Waals surface area contributed by atoms with Crippen LogP contribution in [0, 0.1) is 6.92 Å². The first-order valence-corrected chi connectivity index (χ1v) is 9.34. The van der Waals surface area contributed by atoms with E-state index in [0.717, 1.165) is 24.0 Å². The third kappa shape index (κ3) is 3.52. The van der Waals surface area contributed by atoms with Crippen LogP contribution in [0.25, 0.3) is 0 Å². The second kappa shape index (κ2) is 6.78. The Bertz CT molecular complexity index is 819. The number of sulfonamides is 1. The Kier molecular flexibility index (Phi) is 4.73. The fourth-order valence-corrected chi connectivity index (χ4v) is 4.04. The van der Waals surface area contributed by atoms with Crippen molar-refractivity contribution in [2.75, 3.05) is 13.1 Å². The molecule has 7 heteroatoms. The van der Waals surface area contributed by atoms with Gasteiger partial charge in [-0.05, 0) is 37.5 Å². The molecule has 1 aliphatic rings. The minimum Gasteiger partial charge on any atom is -0.438 e. The predicted molar refractivity (Wildman–Crippen MR) is 89.1 cm³/mol. The van der Waals surface area contributed by atoms with Crippen LogP contribution in [0.15, 0.2) is 45.9 Å². The lowest BCUT2D eigenvalue weighted by Crippen LogP contribution is -2.27. The van der Waals surface area contributed by atoms with E-state index in [2.05, 4.69) is 5.32 Å². The van der Waals surface area contributed by atoms with E-state index in [0.29, 0.717) is 19.6 Å². The topological polar surface area (TPSA) is 79.6 Å². The molecular formula is C17H20N2O4S. The van der Waals surface area contributed by atoms with Gasteiger partial charge in [0.2, 0.25) is 5.09 Å². The summed E-state index contributed by atoms with van der Waals surface area (Å²) in [6, 6.07) is 10.5. The number of hydrogen-bond acceptors (Lipinski definition) is 4. The van der Waals surface area contributed by atoms with Crippen LogP contribution < -0.4 is 5.32 Å². The Hall–Kier alpha value is -2.12. The van der Waals surface area contributed by atoms with Crippen molar-refractivity contribution in [3.8, 4) is 0 Å². The summed E-state index contributed by atoms with van der Waals surface area (Å²) in [6.07, 6.45) is 1.70. The largest absolute Gasteiger partial charge is 0.438 e. The van der Waals surface area contributed by atoms with E-state index in [1.807, 2.05) is 31.2 Å². The Morgan fingerprint density at radius 1 is 1.12 bits per heavy atom. The van der Waals surface area contributed by atoms with E-state index in [4.69, 9.17) is 4.42 Å². The number of carbonyl (C=O) groups is 1. The van der Waals surface area contributed by atoms with Gasteiger partial charge in [0.05, 0.1) is 0 Å². The fraction of sp³-hybridized carbons (Fsp3) is 0.353. The zero-order valence-electron chi connectivity index (χ0n) is 13.5. The molecule has 1 saturated heterocycles. The summed E-state index contributed by atoms with van der Waals surface area (Å²) in [6.45, 7) is 3.34. The molecule has 0 atom stereocenters. The molecule has 1 aromatic heterocycles. The standard InChI is InChI=1S/C17H20N2O4S/c1-13-4-6-14(7-5-13)12-18-17(20)15-8-9-16(23-15)24(21,22)19-10-2-3-11-19/h4-9H,2-3,10-12H2,1H3,(H,18,20). The van der Waals surface area contributed by atoms with Gasteiger partial charge in [-0.25, -0.2) is 8.42 Å². The second-order valence-electron chi connectivity index (χ2n) is 5.90. The van der Waals surface area contributed by atoms with E-state index < -0.39 is 15.9 Å². The van der Waals surface area contributed by atoms with Crippen LogP contribution in [0.1, 0.15) is 34.5 Å². The number of nitrogens with one attached hydrogen (secondary N) is 1. The summed E-state index contributed by atoms with van der Waals surface area (Å²) in [5.74, 6) is -0.432. The maximum absolute atomic E-state index is 12.4. The average Bonchev–Trinajstić information content (AvgIpc) is 3.26. The van der Waals surface area contributed by atoms with E-state index in [1.54, 1.807) is 0 Å². The van der Waals surface area contributed by atoms with Gasteiger partial charge in [0.25, 0.3) is 15.9 Å². The zero-order valence-corrected chi connectivity index (χ0v) is 14.3. The van der Waals surface area contributed by atoms with Crippen molar-refractivity contribution < 1.29 is 17.6 Å². The summed E-state index contributed by atoms with van der Waals surface area (Å²) < 4.78 is 31.4. The first-order chi connectivity index (χ1) is 11.5. The van der Waals surface area contributed by atoms with E-state index >= 15 is 0 Å². The maximum atomic E-state index is 12.4. The van der Waals surface area contributed by atoms with Crippen molar-refractivity contribution in [3.05, 3.63) is 53.3 Å². The zero-order chi connectivity index (χ0) is 17.2. The molecule has 0 aliphatic carbocycles. The lowest BCUT2D eigenvalue weighted by Gasteiger charge is -2.12. The number of hydrogen-bond donors (Lipinski definition) is 1. The fourth-order valence-electron chi connectivity index (χ4n) is 2.61. The minimum atomic E-state index is -3.64. The molecule has 3 rings (SSSR count). The summed E-state index contributed by atoms with van der Waals surface area (Å²) >= 11 is 0. The van der Waals surface area contributed by atoms with Crippen LogP contribution in [-0.2, 0) is 16.6 Å². The summed E-state index contributed by atoms with van der Waals surface area (Å²) in [7, 11) is -3.64. The van der Waals surface area contributed by atoms with E-state index in [9.17, 15) is 13.2 Å². The highest BCUT2D eigenvalue weighted by molar-refractivity contribution is 7.89. The van der Waals surface area contributed by atoms with Crippen LogP contribution in [0.2, 0.25) is 0 Å². The number of benzene rings is 1. The number of rotatable bonds is 5. The first-order valence-electron chi connectivity index (χ1n) is 7.90. The molecule has 0 unspecified atom stereocenters. The average molecular weight is 348 g/mol. The van der Waals surface area contributed by atoms with Gasteiger partial charge in [0.15, 0.2) is 5.76 Å². The molecule has 2 aromatic rings. The van der Waals surface area contributed by atoms with Gasteiger partial charge in [0.1, 0.15) is 0 Å². The van der Waals surface area contributed by atoms with Gasteiger partial charge in [0, 0.05) is 19.6 Å². The molecule has 0 radical (unpaired) electrons. The van der Waals surface area contributed by atoms with Crippen molar-refractivity contribution in [1.29, 1.82) is 0 Å². The van der Waals surface area contributed by atoms with Gasteiger partial charge < -0.3 is 9.73 Å². The van der Waals surface area contributed by atoms with Gasteiger partial charge in [-0.3, -0.25) is 4.79 Å². The molecule has 1 fully saturated rings. The number of aryl methyl sites for hydroxylation is 1. The second-order valence-corrected chi connectivity index (χ2v) is 7.77. The molecule has 1 aliphatic heterocycles. The summed E-state index contributed by atoms with van der Waals surface area (Å²) in [5, 5.41) is 2.55. The highest BCUT2D eigenvalue weighted by atomic mass is 32.2. The van der Waals surface area contributed by atoms with Crippen molar-refractivity contribution in [2.24, 2.45) is 0 Å². The molecular weight excluding hydrogens is 328 g/mol. The van der Waals surface area contributed by atoms with Crippen LogP contribution >= 0.6 is 0 Å². The molecule has 128 valence electrons. The third-order valence-corrected chi connectivity index (χ3v) is 5.81. The molecule has 24 heavy (non-hydrogen) atoms. The summed E-state index contributed by atoms with van der Waals surface area (Å²) in [4.78, 5) is 12.1. The molecule has 1 amide bonds. The molecule has 0 spiro atoms. The van der Waals surface area contributed by atoms with E-state index in [-0.39, 0.29) is 10.9 Å². The Labute approximate surface area is 141 Å². The minimum absolute atomic E-state index is 0.000108. The Balaban J connectivity index is 1.66. The third-order valence-electron chi connectivity index (χ3n) is 4.04. The summed E-state index contributed by atoms with van der Waals surface area (Å²) in [5.41, 5.74) is 2.11. The van der Waals surface area contributed by atoms with Crippen LogP contribution in [0.3, 0.4) is 0 Å².